The van der Waals surface area contributed by atoms with Crippen LogP contribution in [0.2, 0.25) is 0 Å². The molecule has 12 unspecified atom stereocenters. The number of methoxy groups -OCH3 is 1. The summed E-state index contributed by atoms with van der Waals surface area (Å²) in [6.45, 7) is 15.2. The predicted molar refractivity (Wildman–Crippen MR) is 405 cm³/mol. The molecular weight excluding hydrogens is 1380 g/mol. The van der Waals surface area contributed by atoms with E-state index in [9.17, 15) is 19.2 Å². The molecule has 0 spiro atoms. The van der Waals surface area contributed by atoms with E-state index >= 15 is 0 Å². The highest BCUT2D eigenvalue weighted by atomic mass is 16.6. The average Bonchev–Trinajstić information content (AvgIpc) is 1.60. The zero-order chi connectivity index (χ0) is 74.5. The molecular formula is C87H111N10O12+3. The minimum Gasteiger partial charge on any atom is -0.449 e. The Kier molecular flexibility index (Phi) is 22.4. The normalized spacial score (nSPS) is 30.5. The lowest BCUT2D eigenvalue weighted by Gasteiger charge is -2.52. The molecule has 12 atom stereocenters. The first-order valence-electron chi connectivity index (χ1n) is 40.6. The van der Waals surface area contributed by atoms with Crippen LogP contribution in [0.3, 0.4) is 0 Å². The number of nitrogens with zero attached hydrogens (tertiary/aromatic N) is 6. The Labute approximate surface area is 640 Å². The number of carbonyl (C=O) groups excluding carboxylic acids is 4. The fraction of sp³-hybridized carbons (Fsp3) is 0.540. The summed E-state index contributed by atoms with van der Waals surface area (Å²) in [6.07, 6.45) is 17.5. The van der Waals surface area contributed by atoms with Crippen molar-refractivity contribution in [3.63, 3.8) is 0 Å². The van der Waals surface area contributed by atoms with E-state index in [1.54, 1.807) is 19.6 Å². The quantitative estimate of drug-likeness (QED) is 0.0386. The Balaban J connectivity index is 0.000000111. The van der Waals surface area contributed by atoms with Crippen LogP contribution in [0, 0.1) is 49.4 Å². The number of ether oxygens (including phenoxy) is 6. The van der Waals surface area contributed by atoms with Crippen LogP contribution in [0.25, 0.3) is 0 Å². The fourth-order valence-electron chi connectivity index (χ4n) is 20.8. The fourth-order valence-corrected chi connectivity index (χ4v) is 20.8. The molecule has 8 aliphatic heterocycles. The second-order valence-electron chi connectivity index (χ2n) is 32.9. The van der Waals surface area contributed by atoms with Gasteiger partial charge in [0.25, 0.3) is 0 Å². The Morgan fingerprint density at radius 2 is 0.844 bits per heavy atom. The first kappa shape index (κ1) is 74.5. The van der Waals surface area contributed by atoms with Crippen molar-refractivity contribution in [1.29, 1.82) is 0 Å². The van der Waals surface area contributed by atoms with Gasteiger partial charge in [0.1, 0.15) is 79.1 Å². The third-order valence-corrected chi connectivity index (χ3v) is 26.9. The second kappa shape index (κ2) is 32.7. The van der Waals surface area contributed by atoms with Crippen LogP contribution < -0.4 is 21.3 Å². The maximum absolute atomic E-state index is 13.1. The molecule has 22 nitrogen and oxygen atoms in total. The van der Waals surface area contributed by atoms with Gasteiger partial charge in [0, 0.05) is 39.6 Å². The molecule has 8 saturated heterocycles. The van der Waals surface area contributed by atoms with E-state index in [0.29, 0.717) is 81.5 Å². The zero-order valence-corrected chi connectivity index (χ0v) is 63.6. The summed E-state index contributed by atoms with van der Waals surface area (Å²) in [5.41, 5.74) is 6.69. The van der Waals surface area contributed by atoms with E-state index in [1.165, 1.54) is 62.5 Å². The number of fused-ring (bicyclic) bond motifs is 4. The van der Waals surface area contributed by atoms with Gasteiger partial charge in [-0.3, -0.25) is 19.6 Å². The summed E-state index contributed by atoms with van der Waals surface area (Å²) in [7, 11) is 1.73. The number of piperidine rings is 4. The summed E-state index contributed by atoms with van der Waals surface area (Å²) in [6, 6.07) is 51.4. The van der Waals surface area contributed by atoms with Crippen LogP contribution in [0.15, 0.2) is 173 Å². The van der Waals surface area contributed by atoms with Crippen molar-refractivity contribution in [1.82, 2.24) is 34.9 Å². The highest BCUT2D eigenvalue weighted by molar-refractivity contribution is 5.75. The molecule has 0 radical (unpaired) electrons. The van der Waals surface area contributed by atoms with Gasteiger partial charge in [-0.1, -0.05) is 177 Å². The van der Waals surface area contributed by atoms with Crippen LogP contribution in [0.4, 0.5) is 19.2 Å². The van der Waals surface area contributed by atoms with Gasteiger partial charge in [-0.2, -0.15) is 0 Å². The highest BCUT2D eigenvalue weighted by Gasteiger charge is 2.70. The molecule has 22 heteroatoms. The summed E-state index contributed by atoms with van der Waals surface area (Å²) in [4.78, 5) is 69.1. The van der Waals surface area contributed by atoms with Crippen LogP contribution in [0.1, 0.15) is 140 Å². The third-order valence-electron chi connectivity index (χ3n) is 26.9. The number of quaternary nitrogens is 3. The van der Waals surface area contributed by atoms with E-state index < -0.39 is 0 Å². The molecule has 10 heterocycles. The molecule has 4 saturated carbocycles. The van der Waals surface area contributed by atoms with Gasteiger partial charge in [-0.15, -0.1) is 0 Å². The minimum absolute atomic E-state index is 0.00206. The molecule has 4 aliphatic carbocycles. The van der Waals surface area contributed by atoms with Gasteiger partial charge in [-0.05, 0) is 116 Å². The van der Waals surface area contributed by atoms with E-state index in [1.807, 2.05) is 112 Å². The molecule has 2 aromatic heterocycles. The van der Waals surface area contributed by atoms with Crippen molar-refractivity contribution in [2.75, 3.05) is 79.3 Å². The lowest BCUT2D eigenvalue weighted by molar-refractivity contribution is -0.684. The number of amides is 4. The van der Waals surface area contributed by atoms with Gasteiger partial charge in [-0.25, -0.2) is 29.1 Å². The van der Waals surface area contributed by atoms with E-state index in [4.69, 9.17) is 37.3 Å². The number of nitrogens with one attached hydrogen (secondary N) is 1. The number of hydrogen-bond acceptors (Lipinski definition) is 15. The van der Waals surface area contributed by atoms with E-state index in [2.05, 4.69) is 104 Å². The number of aromatic nitrogens is 2. The molecule has 7 N–H and O–H groups in total. The van der Waals surface area contributed by atoms with Crippen molar-refractivity contribution in [3.8, 4) is 0 Å². The average molecular weight is 1490 g/mol. The lowest BCUT2D eigenvalue weighted by atomic mass is 9.63. The van der Waals surface area contributed by atoms with Gasteiger partial charge in [0.2, 0.25) is 5.89 Å². The summed E-state index contributed by atoms with van der Waals surface area (Å²) in [5.74, 6) is 3.89. The summed E-state index contributed by atoms with van der Waals surface area (Å²) < 4.78 is 46.9. The number of nitrogens with two attached hydrogens (primary N) is 3. The number of carbonyl (C=O) groups is 4. The number of oxazole rings is 2. The SMILES string of the molecule is COCC1C[NH2+]CC2(C3CCC3)C1OC(=O)N2Cc1ccccc1.Cc1coc(C2C[NH2+]CC3(C4CCC4)C2OC(=O)N3Cc2ccccc2)n1.Cc1nc(C2C[NH2+]CC3(C4CCC4)C2OC(=O)N3Cc2ccccc2)co1.O=C1OC2C(COCCc3ccccc3)CNCC2(C2CCC2)N1Cc1ccccc1. The Bertz CT molecular complexity index is 4040. The lowest BCUT2D eigenvalue weighted by Crippen LogP contribution is -2.96. The van der Waals surface area contributed by atoms with Gasteiger partial charge >= 0.3 is 24.4 Å². The molecule has 4 amide bonds. The minimum atomic E-state index is -0.281. The Morgan fingerprint density at radius 1 is 0.450 bits per heavy atom. The summed E-state index contributed by atoms with van der Waals surface area (Å²) in [5, 5.41) is 10.7. The van der Waals surface area contributed by atoms with Gasteiger partial charge < -0.3 is 58.5 Å². The highest BCUT2D eigenvalue weighted by Crippen LogP contribution is 2.55. The molecule has 12 fully saturated rings. The zero-order valence-electron chi connectivity index (χ0n) is 63.6. The Hall–Kier alpha value is -8.64. The monoisotopic (exact) mass is 1490 g/mol. The number of hydrogen-bond donors (Lipinski definition) is 4. The topological polar surface area (TPSA) is 251 Å². The first-order chi connectivity index (χ1) is 53.4. The first-order valence-corrected chi connectivity index (χ1v) is 40.6. The molecule has 19 rings (SSSR count). The molecule has 0 bridgehead atoms. The predicted octanol–water partition coefficient (Wildman–Crippen LogP) is 9.82. The molecule has 5 aromatic carbocycles. The molecule has 109 heavy (non-hydrogen) atoms. The molecule has 578 valence electrons. The van der Waals surface area contributed by atoms with Crippen LogP contribution in [-0.4, -0.2) is 180 Å². The second-order valence-corrected chi connectivity index (χ2v) is 32.9. The summed E-state index contributed by atoms with van der Waals surface area (Å²) >= 11 is 0. The van der Waals surface area contributed by atoms with Crippen LogP contribution in [-0.2, 0) is 61.0 Å². The third kappa shape index (κ3) is 14.4. The number of rotatable bonds is 21. The Morgan fingerprint density at radius 3 is 1.26 bits per heavy atom. The van der Waals surface area contributed by atoms with E-state index in [-0.39, 0.29) is 94.6 Å². The van der Waals surface area contributed by atoms with Crippen molar-refractivity contribution in [2.45, 2.75) is 182 Å². The van der Waals surface area contributed by atoms with Crippen molar-refractivity contribution in [2.24, 2.45) is 35.5 Å². The van der Waals surface area contributed by atoms with Gasteiger partial charge in [0.15, 0.2) is 5.89 Å². The van der Waals surface area contributed by atoms with Crippen LogP contribution >= 0.6 is 0 Å². The van der Waals surface area contributed by atoms with Crippen molar-refractivity contribution in [3.05, 3.63) is 215 Å². The van der Waals surface area contributed by atoms with E-state index in [0.717, 1.165) is 113 Å². The molecule has 7 aromatic rings. The van der Waals surface area contributed by atoms with Crippen molar-refractivity contribution < 1.29 is 72.4 Å². The van der Waals surface area contributed by atoms with Crippen LogP contribution in [0.5, 0.6) is 0 Å². The largest absolute Gasteiger partial charge is 0.449 e. The number of aryl methyl sites for hydroxylation is 2. The standard InChI is InChI=1S/C26H32N2O3.2C21H25N3O3.C19H26N2O3/c29-25-28(17-21-10-5-2-6-11-21)26(23-12-7-13-23)19-27-16-22(24(26)31-25)18-30-15-14-20-8-3-1-4-9-20;1-14-23-18(12-26-14)17-10-22-13-21(16-8-5-9-16)19(17)27-20(25)24(21)11-15-6-3-2-4-7-15;1-14-12-26-19(23-14)17-10-22-13-21(16-8-5-9-16)18(17)27-20(25)24(21)11-15-6-3-2-4-7-15;1-23-12-15-10-20-13-19(16-8-5-9-16)17(15)24-18(22)21(19)11-14-6-3-2-4-7-14/h1-6,8-11,22-24,27H,7,12-19H2;2-4,6-7,12,16-17,19,22H,5,8-11,13H2,1H3;2-4,6-7,12,16-18,22H,5,8-11,13H2,1H3;2-4,6-7,15-17,20H,5,8-13H2,1H3/p+3. The molecule has 12 aliphatic rings. The maximum Gasteiger partial charge on any atom is 0.411 e. The van der Waals surface area contributed by atoms with Gasteiger partial charge in [0.05, 0.1) is 87.9 Å². The maximum atomic E-state index is 13.1. The smallest absolute Gasteiger partial charge is 0.411 e. The number of benzene rings is 5. The van der Waals surface area contributed by atoms with Crippen molar-refractivity contribution >= 4 is 24.4 Å².